The zero-order chi connectivity index (χ0) is 19.3. The van der Waals surface area contributed by atoms with Gasteiger partial charge in [0.25, 0.3) is 5.91 Å². The molecular weight excluding hydrogens is 355 g/mol. The van der Waals surface area contributed by atoms with Gasteiger partial charge in [0.2, 0.25) is 0 Å². The highest BCUT2D eigenvalue weighted by atomic mass is 19.2. The van der Waals surface area contributed by atoms with Gasteiger partial charge in [0.1, 0.15) is 17.1 Å². The molecule has 2 aromatic rings. The lowest BCUT2D eigenvalue weighted by Gasteiger charge is -2.11. The van der Waals surface area contributed by atoms with Crippen LogP contribution in [0.4, 0.5) is 18.9 Å². The number of esters is 1. The Bertz CT molecular complexity index is 841. The van der Waals surface area contributed by atoms with Gasteiger partial charge in [-0.1, -0.05) is 0 Å². The number of anilines is 1. The molecule has 0 spiro atoms. The van der Waals surface area contributed by atoms with Gasteiger partial charge in [-0.2, -0.15) is 0 Å². The normalized spacial score (nSPS) is 10.2. The van der Waals surface area contributed by atoms with E-state index < -0.39 is 41.6 Å². The average Bonchev–Trinajstić information content (AvgIpc) is 2.65. The number of hydrogen-bond donors (Lipinski definition) is 1. The Labute approximate surface area is 146 Å². The number of rotatable bonds is 6. The number of benzene rings is 2. The Hall–Kier alpha value is -3.23. The molecule has 0 saturated carbocycles. The second-order valence-corrected chi connectivity index (χ2v) is 4.91. The van der Waals surface area contributed by atoms with E-state index in [0.29, 0.717) is 11.8 Å². The fourth-order valence-corrected chi connectivity index (χ4v) is 1.98. The van der Waals surface area contributed by atoms with Crippen LogP contribution in [0.5, 0.6) is 11.5 Å². The molecule has 6 nitrogen and oxygen atoms in total. The van der Waals surface area contributed by atoms with E-state index >= 15 is 0 Å². The molecule has 1 N–H and O–H groups in total. The van der Waals surface area contributed by atoms with Crippen molar-refractivity contribution >= 4 is 17.6 Å². The minimum atomic E-state index is -1.72. The number of carbonyl (C=O) groups excluding carboxylic acids is 2. The Balaban J connectivity index is 2.01. The van der Waals surface area contributed by atoms with Crippen molar-refractivity contribution in [2.45, 2.75) is 0 Å². The van der Waals surface area contributed by atoms with Crippen molar-refractivity contribution < 1.29 is 37.0 Å². The minimum Gasteiger partial charge on any atom is -0.497 e. The van der Waals surface area contributed by atoms with Gasteiger partial charge < -0.3 is 19.5 Å². The van der Waals surface area contributed by atoms with E-state index in [0.717, 1.165) is 6.07 Å². The van der Waals surface area contributed by atoms with Crippen molar-refractivity contribution in [2.75, 3.05) is 26.1 Å². The molecular formula is C17H14F3NO5. The van der Waals surface area contributed by atoms with Gasteiger partial charge in [-0.05, 0) is 24.3 Å². The quantitative estimate of drug-likeness (QED) is 0.626. The summed E-state index contributed by atoms with van der Waals surface area (Å²) < 4.78 is 54.3. The molecule has 0 heterocycles. The topological polar surface area (TPSA) is 73.9 Å². The third-order valence-corrected chi connectivity index (χ3v) is 3.27. The van der Waals surface area contributed by atoms with E-state index in [1.165, 1.54) is 32.4 Å². The van der Waals surface area contributed by atoms with E-state index in [4.69, 9.17) is 14.2 Å². The van der Waals surface area contributed by atoms with Crippen LogP contribution in [0, 0.1) is 17.5 Å². The molecule has 0 radical (unpaired) electrons. The van der Waals surface area contributed by atoms with Crippen LogP contribution >= 0.6 is 0 Å². The zero-order valence-corrected chi connectivity index (χ0v) is 13.8. The Morgan fingerprint density at radius 3 is 2.38 bits per heavy atom. The number of ether oxygens (including phenoxy) is 3. The van der Waals surface area contributed by atoms with Crippen molar-refractivity contribution in [3.8, 4) is 11.5 Å². The standard InChI is InChI=1S/C17H14F3NO5/c1-24-9-3-4-10(13(7-9)25-2)17(23)26-8-14(22)21-12-6-5-11(18)15(19)16(12)20/h3-7H,8H2,1-2H3,(H,21,22). The Morgan fingerprint density at radius 2 is 1.73 bits per heavy atom. The van der Waals surface area contributed by atoms with Crippen LogP contribution in [0.3, 0.4) is 0 Å². The van der Waals surface area contributed by atoms with E-state index in [-0.39, 0.29) is 11.3 Å². The molecule has 0 aliphatic heterocycles. The number of halogens is 3. The van der Waals surface area contributed by atoms with Crippen LogP contribution in [0.25, 0.3) is 0 Å². The molecule has 26 heavy (non-hydrogen) atoms. The third-order valence-electron chi connectivity index (χ3n) is 3.27. The fraction of sp³-hybridized carbons (Fsp3) is 0.176. The van der Waals surface area contributed by atoms with Gasteiger partial charge in [-0.3, -0.25) is 4.79 Å². The van der Waals surface area contributed by atoms with Crippen molar-refractivity contribution in [3.05, 3.63) is 53.3 Å². The lowest BCUT2D eigenvalue weighted by Crippen LogP contribution is -2.22. The number of hydrogen-bond acceptors (Lipinski definition) is 5. The highest BCUT2D eigenvalue weighted by molar-refractivity contribution is 5.97. The molecule has 0 saturated heterocycles. The summed E-state index contributed by atoms with van der Waals surface area (Å²) in [5.41, 5.74) is -0.535. The van der Waals surface area contributed by atoms with Crippen LogP contribution in [-0.2, 0) is 9.53 Å². The Morgan fingerprint density at radius 1 is 1.00 bits per heavy atom. The highest BCUT2D eigenvalue weighted by Crippen LogP contribution is 2.25. The first-order valence-corrected chi connectivity index (χ1v) is 7.20. The molecule has 2 aromatic carbocycles. The number of amides is 1. The average molecular weight is 369 g/mol. The summed E-state index contributed by atoms with van der Waals surface area (Å²) in [6.07, 6.45) is 0. The largest absolute Gasteiger partial charge is 0.497 e. The van der Waals surface area contributed by atoms with Crippen molar-refractivity contribution in [1.29, 1.82) is 0 Å². The monoisotopic (exact) mass is 369 g/mol. The lowest BCUT2D eigenvalue weighted by molar-refractivity contribution is -0.119. The number of methoxy groups -OCH3 is 2. The molecule has 0 atom stereocenters. The maximum absolute atomic E-state index is 13.5. The fourth-order valence-electron chi connectivity index (χ4n) is 1.98. The minimum absolute atomic E-state index is 0.0418. The van der Waals surface area contributed by atoms with Crippen LogP contribution in [-0.4, -0.2) is 32.7 Å². The molecule has 0 aromatic heterocycles. The summed E-state index contributed by atoms with van der Waals surface area (Å²) >= 11 is 0. The SMILES string of the molecule is COc1ccc(C(=O)OCC(=O)Nc2ccc(F)c(F)c2F)c(OC)c1. The predicted molar refractivity (Wildman–Crippen MR) is 84.8 cm³/mol. The van der Waals surface area contributed by atoms with Gasteiger partial charge in [0.05, 0.1) is 19.9 Å². The van der Waals surface area contributed by atoms with E-state index in [2.05, 4.69) is 0 Å². The third kappa shape index (κ3) is 4.24. The summed E-state index contributed by atoms with van der Waals surface area (Å²) in [5.74, 6) is -5.85. The summed E-state index contributed by atoms with van der Waals surface area (Å²) in [6.45, 7) is -0.771. The van der Waals surface area contributed by atoms with Gasteiger partial charge >= 0.3 is 5.97 Å². The molecule has 0 aliphatic rings. The molecule has 0 aliphatic carbocycles. The van der Waals surface area contributed by atoms with E-state index in [1.807, 2.05) is 5.32 Å². The van der Waals surface area contributed by atoms with Crippen molar-refractivity contribution in [1.82, 2.24) is 0 Å². The molecule has 2 rings (SSSR count). The second kappa shape index (κ2) is 8.24. The van der Waals surface area contributed by atoms with Crippen LogP contribution in [0.2, 0.25) is 0 Å². The molecule has 0 unspecified atom stereocenters. The lowest BCUT2D eigenvalue weighted by atomic mass is 10.2. The predicted octanol–water partition coefficient (Wildman–Crippen LogP) is 2.92. The van der Waals surface area contributed by atoms with Crippen LogP contribution in [0.15, 0.2) is 30.3 Å². The molecule has 1 amide bonds. The molecule has 9 heteroatoms. The summed E-state index contributed by atoms with van der Waals surface area (Å²) in [7, 11) is 2.78. The maximum atomic E-state index is 13.5. The molecule has 0 bridgehead atoms. The smallest absolute Gasteiger partial charge is 0.342 e. The van der Waals surface area contributed by atoms with Crippen LogP contribution in [0.1, 0.15) is 10.4 Å². The van der Waals surface area contributed by atoms with E-state index in [9.17, 15) is 22.8 Å². The zero-order valence-electron chi connectivity index (χ0n) is 13.8. The highest BCUT2D eigenvalue weighted by Gasteiger charge is 2.18. The first kappa shape index (κ1) is 19.1. The Kier molecular flexibility index (Phi) is 6.05. The first-order chi connectivity index (χ1) is 12.4. The number of nitrogens with one attached hydrogen (secondary N) is 1. The molecule has 138 valence electrons. The van der Waals surface area contributed by atoms with Gasteiger partial charge in [0, 0.05) is 6.07 Å². The maximum Gasteiger partial charge on any atom is 0.342 e. The summed E-state index contributed by atoms with van der Waals surface area (Å²) in [4.78, 5) is 23.8. The number of carbonyl (C=O) groups is 2. The van der Waals surface area contributed by atoms with Crippen molar-refractivity contribution in [3.63, 3.8) is 0 Å². The summed E-state index contributed by atoms with van der Waals surface area (Å²) in [5, 5.41) is 1.98. The second-order valence-electron chi connectivity index (χ2n) is 4.91. The van der Waals surface area contributed by atoms with Gasteiger partial charge in [-0.25, -0.2) is 18.0 Å². The first-order valence-electron chi connectivity index (χ1n) is 7.20. The van der Waals surface area contributed by atoms with E-state index in [1.54, 1.807) is 0 Å². The van der Waals surface area contributed by atoms with Gasteiger partial charge in [-0.15, -0.1) is 0 Å². The van der Waals surface area contributed by atoms with Crippen LogP contribution < -0.4 is 14.8 Å². The summed E-state index contributed by atoms with van der Waals surface area (Å²) in [6, 6.07) is 5.83. The van der Waals surface area contributed by atoms with Crippen molar-refractivity contribution in [2.24, 2.45) is 0 Å². The van der Waals surface area contributed by atoms with Gasteiger partial charge in [0.15, 0.2) is 24.1 Å². The molecule has 0 fully saturated rings.